The van der Waals surface area contributed by atoms with Crippen LogP contribution in [0.3, 0.4) is 0 Å². The van der Waals surface area contributed by atoms with Crippen LogP contribution in [-0.4, -0.2) is 75.6 Å². The molecule has 0 aliphatic carbocycles. The fourth-order valence-corrected chi connectivity index (χ4v) is 7.39. The number of anilines is 1. The van der Waals surface area contributed by atoms with Crippen LogP contribution in [0.2, 0.25) is 0 Å². The number of hydrogen-bond donors (Lipinski definition) is 1. The first-order valence-corrected chi connectivity index (χ1v) is 14.5. The van der Waals surface area contributed by atoms with Gasteiger partial charge in [0.15, 0.2) is 0 Å². The zero-order valence-corrected chi connectivity index (χ0v) is 23.7. The first-order chi connectivity index (χ1) is 19.8. The summed E-state index contributed by atoms with van der Waals surface area (Å²) < 4.78 is 7.05. The summed E-state index contributed by atoms with van der Waals surface area (Å²) in [5.74, 6) is -2.60. The van der Waals surface area contributed by atoms with Crippen molar-refractivity contribution in [2.75, 3.05) is 24.6 Å². The van der Waals surface area contributed by atoms with E-state index in [1.54, 1.807) is 9.80 Å². The average molecular weight is 556 g/mol. The van der Waals surface area contributed by atoms with Crippen LogP contribution in [0.25, 0.3) is 0 Å². The number of benzene rings is 2. The first kappa shape index (κ1) is 27.4. The van der Waals surface area contributed by atoms with Gasteiger partial charge >= 0.3 is 0 Å². The van der Waals surface area contributed by atoms with E-state index in [4.69, 9.17) is 4.74 Å². The molecule has 0 bridgehead atoms. The summed E-state index contributed by atoms with van der Waals surface area (Å²) in [7, 11) is 0. The lowest BCUT2D eigenvalue weighted by atomic mass is 9.73. The number of para-hydroxylation sites is 1. The summed E-state index contributed by atoms with van der Waals surface area (Å²) in [6, 6.07) is 16.8. The van der Waals surface area contributed by atoms with E-state index < -0.39 is 35.1 Å². The van der Waals surface area contributed by atoms with Gasteiger partial charge in [-0.1, -0.05) is 79.8 Å². The lowest BCUT2D eigenvalue weighted by Crippen LogP contribution is -2.58. The molecule has 4 aliphatic heterocycles. The van der Waals surface area contributed by atoms with Crippen molar-refractivity contribution in [3.8, 4) is 0 Å². The van der Waals surface area contributed by atoms with Gasteiger partial charge in [-0.05, 0) is 38.0 Å². The van der Waals surface area contributed by atoms with Gasteiger partial charge in [0, 0.05) is 24.8 Å². The summed E-state index contributed by atoms with van der Waals surface area (Å²) in [6.07, 6.45) is 8.09. The molecule has 3 amide bonds. The fraction of sp³-hybridized carbons (Fsp3) is 0.424. The van der Waals surface area contributed by atoms with Crippen molar-refractivity contribution in [1.82, 2.24) is 9.80 Å². The van der Waals surface area contributed by atoms with Gasteiger partial charge in [-0.25, -0.2) is 0 Å². The van der Waals surface area contributed by atoms with Crippen LogP contribution < -0.4 is 4.90 Å². The smallest absolute Gasteiger partial charge is 0.249 e. The number of hydrogen-bond acceptors (Lipinski definition) is 5. The standard InChI is InChI=1S/C33H37N3O5/c1-4-32-17-11-20-35(24-15-9-6-10-16-24)29(38)26(32)27-30(39)36(25(21-37)23-13-7-5-8-14-23)28-31(40)34(22(2)3)19-12-18-33(27,28)41-32/h5-18,22,25-28,37H,4,19-21H2,1-3H3/t25-,26-,27+,28?,32+,33+/m1/s1. The molecular formula is C33H37N3O5. The minimum atomic E-state index is -1.37. The van der Waals surface area contributed by atoms with Crippen molar-refractivity contribution < 1.29 is 24.2 Å². The van der Waals surface area contributed by atoms with Crippen LogP contribution in [0.5, 0.6) is 0 Å². The van der Waals surface area contributed by atoms with E-state index in [2.05, 4.69) is 0 Å². The zero-order chi connectivity index (χ0) is 28.9. The van der Waals surface area contributed by atoms with Gasteiger partial charge in [0.2, 0.25) is 17.7 Å². The molecule has 2 fully saturated rings. The van der Waals surface area contributed by atoms with Crippen molar-refractivity contribution in [3.05, 3.63) is 90.5 Å². The maximum Gasteiger partial charge on any atom is 0.249 e. The molecule has 1 N–H and O–H groups in total. The molecule has 1 spiro atoms. The van der Waals surface area contributed by atoms with Gasteiger partial charge in [0.05, 0.1) is 30.1 Å². The maximum absolute atomic E-state index is 14.8. The molecule has 0 radical (unpaired) electrons. The highest BCUT2D eigenvalue weighted by molar-refractivity contribution is 6.04. The van der Waals surface area contributed by atoms with Crippen LogP contribution in [-0.2, 0) is 19.1 Å². The molecule has 214 valence electrons. The Bertz CT molecular complexity index is 1390. The molecule has 4 heterocycles. The van der Waals surface area contributed by atoms with Gasteiger partial charge in [-0.15, -0.1) is 0 Å². The number of carbonyl (C=O) groups is 3. The highest BCUT2D eigenvalue weighted by atomic mass is 16.5. The number of aliphatic hydroxyl groups excluding tert-OH is 1. The number of carbonyl (C=O) groups excluding carboxylic acids is 3. The van der Waals surface area contributed by atoms with E-state index in [0.29, 0.717) is 19.5 Å². The number of amides is 3. The van der Waals surface area contributed by atoms with E-state index in [1.165, 1.54) is 4.90 Å². The highest BCUT2D eigenvalue weighted by Gasteiger charge is 2.76. The topological polar surface area (TPSA) is 90.4 Å². The van der Waals surface area contributed by atoms with Crippen molar-refractivity contribution in [2.45, 2.75) is 56.5 Å². The van der Waals surface area contributed by atoms with E-state index in [-0.39, 0.29) is 30.4 Å². The second kappa shape index (κ2) is 10.3. The maximum atomic E-state index is 14.8. The molecule has 4 aliphatic rings. The number of rotatable bonds is 6. The van der Waals surface area contributed by atoms with Gasteiger partial charge < -0.3 is 24.5 Å². The van der Waals surface area contributed by atoms with Crippen molar-refractivity contribution in [2.24, 2.45) is 11.8 Å². The molecule has 2 aromatic carbocycles. The Morgan fingerprint density at radius 2 is 1.54 bits per heavy atom. The van der Waals surface area contributed by atoms with E-state index >= 15 is 0 Å². The number of fused-ring (bicyclic) bond motifs is 2. The minimum Gasteiger partial charge on any atom is -0.394 e. The average Bonchev–Trinajstić information content (AvgIpc) is 3.27. The number of likely N-dealkylation sites (tertiary alicyclic amines) is 1. The summed E-state index contributed by atoms with van der Waals surface area (Å²) in [5, 5.41) is 10.7. The minimum absolute atomic E-state index is 0.121. The third kappa shape index (κ3) is 3.99. The molecular weight excluding hydrogens is 518 g/mol. The third-order valence-corrected chi connectivity index (χ3v) is 9.29. The van der Waals surface area contributed by atoms with Crippen LogP contribution >= 0.6 is 0 Å². The second-order valence-electron chi connectivity index (χ2n) is 11.7. The normalized spacial score (nSPS) is 31.7. The van der Waals surface area contributed by atoms with Crippen LogP contribution in [0, 0.1) is 11.8 Å². The SMILES string of the molecule is CC[C@]12C=CCN(c3ccccc3)C(=O)[C@H]1[C@H]1C(=O)N([C@H](CO)c3ccccc3)C3C(=O)N(C(C)C)CC=C[C@@]31O2. The van der Waals surface area contributed by atoms with Gasteiger partial charge in [-0.3, -0.25) is 14.4 Å². The van der Waals surface area contributed by atoms with Gasteiger partial charge in [0.1, 0.15) is 11.6 Å². The Morgan fingerprint density at radius 3 is 2.17 bits per heavy atom. The Balaban J connectivity index is 1.55. The van der Waals surface area contributed by atoms with E-state index in [1.807, 2.05) is 106 Å². The highest BCUT2D eigenvalue weighted by Crippen LogP contribution is 2.60. The largest absolute Gasteiger partial charge is 0.394 e. The third-order valence-electron chi connectivity index (χ3n) is 9.29. The predicted octanol–water partition coefficient (Wildman–Crippen LogP) is 3.49. The molecule has 6 rings (SSSR count). The Labute approximate surface area is 240 Å². The summed E-state index contributed by atoms with van der Waals surface area (Å²) >= 11 is 0. The molecule has 2 aromatic rings. The molecule has 8 nitrogen and oxygen atoms in total. The summed E-state index contributed by atoms with van der Waals surface area (Å²) in [5.41, 5.74) is -0.981. The number of ether oxygens (including phenoxy) is 1. The lowest BCUT2D eigenvalue weighted by molar-refractivity contribution is -0.156. The molecule has 1 unspecified atom stereocenters. The van der Waals surface area contributed by atoms with E-state index in [0.717, 1.165) is 11.3 Å². The summed E-state index contributed by atoms with van der Waals surface area (Å²) in [6.45, 7) is 6.19. The van der Waals surface area contributed by atoms with Crippen LogP contribution in [0.1, 0.15) is 38.8 Å². The Morgan fingerprint density at radius 1 is 0.878 bits per heavy atom. The lowest BCUT2D eigenvalue weighted by Gasteiger charge is -2.41. The van der Waals surface area contributed by atoms with Gasteiger partial charge in [0.25, 0.3) is 0 Å². The molecule has 41 heavy (non-hydrogen) atoms. The van der Waals surface area contributed by atoms with E-state index in [9.17, 15) is 19.5 Å². The molecule has 8 heteroatoms. The monoisotopic (exact) mass is 555 g/mol. The second-order valence-corrected chi connectivity index (χ2v) is 11.7. The van der Waals surface area contributed by atoms with Crippen molar-refractivity contribution >= 4 is 23.4 Å². The van der Waals surface area contributed by atoms with Crippen molar-refractivity contribution in [3.63, 3.8) is 0 Å². The fourth-order valence-electron chi connectivity index (χ4n) is 7.39. The van der Waals surface area contributed by atoms with Gasteiger partial charge in [-0.2, -0.15) is 0 Å². The number of aliphatic hydroxyl groups is 1. The Hall–Kier alpha value is -3.75. The Kier molecular flexibility index (Phi) is 6.86. The molecule has 6 atom stereocenters. The number of nitrogens with zero attached hydrogens (tertiary/aromatic N) is 3. The zero-order valence-electron chi connectivity index (χ0n) is 23.7. The molecule has 2 saturated heterocycles. The summed E-state index contributed by atoms with van der Waals surface area (Å²) in [4.78, 5) is 48.8. The first-order valence-electron chi connectivity index (χ1n) is 14.5. The van der Waals surface area contributed by atoms with Crippen molar-refractivity contribution in [1.29, 1.82) is 0 Å². The van der Waals surface area contributed by atoms with Crippen LogP contribution in [0.15, 0.2) is 85.0 Å². The predicted molar refractivity (Wildman–Crippen MR) is 155 cm³/mol. The quantitative estimate of drug-likeness (QED) is 0.552. The molecule has 0 saturated carbocycles. The molecule has 0 aromatic heterocycles. The van der Waals surface area contributed by atoms with Crippen LogP contribution in [0.4, 0.5) is 5.69 Å².